The van der Waals surface area contributed by atoms with Gasteiger partial charge in [-0.2, -0.15) is 10.2 Å². The fourth-order valence-electron chi connectivity index (χ4n) is 1.66. The van der Waals surface area contributed by atoms with Gasteiger partial charge in [0, 0.05) is 4.47 Å². The number of nitrogens with zero attached hydrogens (tertiary/aromatic N) is 2. The molecule has 3 N–H and O–H groups in total. The largest absolute Gasteiger partial charge is 0.476 e. The fraction of sp³-hybridized carbons (Fsp3) is 0.200. The normalized spacial score (nSPS) is 9.95. The van der Waals surface area contributed by atoms with Crippen LogP contribution in [0.3, 0.4) is 0 Å². The molecule has 0 fully saturated rings. The molecule has 0 atom stereocenters. The summed E-state index contributed by atoms with van der Waals surface area (Å²) in [5.41, 5.74) is 7.74. The summed E-state index contributed by atoms with van der Waals surface area (Å²) in [5, 5.41) is 12.0. The lowest BCUT2D eigenvalue weighted by atomic mass is 10.2. The topological polar surface area (TPSA) is 84.0 Å². The quantitative estimate of drug-likeness (QED) is 0.859. The van der Waals surface area contributed by atoms with Crippen molar-refractivity contribution >= 4 is 33.1 Å². The monoisotopic (exact) mass is 346 g/mol. The van der Waals surface area contributed by atoms with E-state index in [1.165, 1.54) is 0 Å². The number of nitrogen functional groups attached to an aromatic ring is 1. The highest BCUT2D eigenvalue weighted by atomic mass is 79.9. The van der Waals surface area contributed by atoms with Crippen LogP contribution >= 0.6 is 15.9 Å². The minimum Gasteiger partial charge on any atom is -0.476 e. The number of hydrogen-bond acceptors (Lipinski definition) is 5. The zero-order chi connectivity index (χ0) is 15.2. The van der Waals surface area contributed by atoms with Gasteiger partial charge in [0.1, 0.15) is 5.82 Å². The van der Waals surface area contributed by atoms with E-state index in [2.05, 4.69) is 32.3 Å². The van der Waals surface area contributed by atoms with Crippen LogP contribution in [0.4, 0.5) is 17.2 Å². The van der Waals surface area contributed by atoms with Gasteiger partial charge in [-0.1, -0.05) is 6.92 Å². The minimum atomic E-state index is 0.423. The number of nitrogens with one attached hydrogen (secondary N) is 1. The maximum atomic E-state index is 8.86. The van der Waals surface area contributed by atoms with Crippen molar-refractivity contribution in [1.82, 2.24) is 4.98 Å². The van der Waals surface area contributed by atoms with Gasteiger partial charge in [0.2, 0.25) is 5.88 Å². The molecule has 0 aliphatic rings. The summed E-state index contributed by atoms with van der Waals surface area (Å²) in [6.45, 7) is 2.59. The van der Waals surface area contributed by atoms with Gasteiger partial charge in [-0.05, 0) is 52.7 Å². The second-order valence-corrected chi connectivity index (χ2v) is 5.23. The predicted molar refractivity (Wildman–Crippen MR) is 86.6 cm³/mol. The standard InChI is InChI=1S/C15H15BrN4O/c1-2-7-21-15-12(18)4-6-14(20-15)19-13-5-3-10(9-17)8-11(13)16/h3-6,8H,2,7,18H2,1H3,(H,19,20). The molecule has 108 valence electrons. The summed E-state index contributed by atoms with van der Waals surface area (Å²) in [6, 6.07) is 10.9. The second kappa shape index (κ2) is 6.95. The van der Waals surface area contributed by atoms with Crippen LogP contribution in [-0.2, 0) is 0 Å². The van der Waals surface area contributed by atoms with E-state index in [0.29, 0.717) is 29.6 Å². The van der Waals surface area contributed by atoms with E-state index < -0.39 is 0 Å². The number of pyridine rings is 1. The molecule has 0 radical (unpaired) electrons. The molecule has 2 rings (SSSR count). The van der Waals surface area contributed by atoms with Crippen molar-refractivity contribution in [2.24, 2.45) is 0 Å². The highest BCUT2D eigenvalue weighted by Crippen LogP contribution is 2.28. The van der Waals surface area contributed by atoms with Crippen molar-refractivity contribution < 1.29 is 4.74 Å². The van der Waals surface area contributed by atoms with Crippen molar-refractivity contribution in [3.05, 3.63) is 40.4 Å². The van der Waals surface area contributed by atoms with Crippen LogP contribution in [0.2, 0.25) is 0 Å². The Balaban J connectivity index is 2.21. The van der Waals surface area contributed by atoms with Crippen LogP contribution in [0.1, 0.15) is 18.9 Å². The maximum absolute atomic E-state index is 8.86. The lowest BCUT2D eigenvalue weighted by Gasteiger charge is -2.11. The lowest BCUT2D eigenvalue weighted by Crippen LogP contribution is -2.03. The van der Waals surface area contributed by atoms with Gasteiger partial charge in [0.05, 0.1) is 29.6 Å². The molecule has 1 aromatic carbocycles. The zero-order valence-electron chi connectivity index (χ0n) is 11.6. The van der Waals surface area contributed by atoms with Crippen LogP contribution in [0.5, 0.6) is 5.88 Å². The van der Waals surface area contributed by atoms with E-state index in [-0.39, 0.29) is 0 Å². The van der Waals surface area contributed by atoms with Crippen LogP contribution < -0.4 is 15.8 Å². The molecule has 2 aromatic rings. The number of aromatic nitrogens is 1. The summed E-state index contributed by atoms with van der Waals surface area (Å²) >= 11 is 3.42. The Kier molecular flexibility index (Phi) is 5.01. The SMILES string of the molecule is CCCOc1nc(Nc2ccc(C#N)cc2Br)ccc1N. The molecule has 0 aliphatic carbocycles. The second-order valence-electron chi connectivity index (χ2n) is 4.37. The van der Waals surface area contributed by atoms with Gasteiger partial charge < -0.3 is 15.8 Å². The third-order valence-electron chi connectivity index (χ3n) is 2.69. The number of nitrogens with two attached hydrogens (primary N) is 1. The van der Waals surface area contributed by atoms with Crippen LogP contribution in [0.25, 0.3) is 0 Å². The van der Waals surface area contributed by atoms with Gasteiger partial charge >= 0.3 is 0 Å². The van der Waals surface area contributed by atoms with Crippen LogP contribution in [0, 0.1) is 11.3 Å². The van der Waals surface area contributed by atoms with Crippen molar-refractivity contribution in [2.75, 3.05) is 17.7 Å². The van der Waals surface area contributed by atoms with Crippen LogP contribution in [0.15, 0.2) is 34.8 Å². The number of hydrogen-bond donors (Lipinski definition) is 2. The van der Waals surface area contributed by atoms with Crippen molar-refractivity contribution in [3.8, 4) is 11.9 Å². The average Bonchev–Trinajstić information content (AvgIpc) is 2.49. The smallest absolute Gasteiger partial charge is 0.239 e. The Bertz CT molecular complexity index is 682. The zero-order valence-corrected chi connectivity index (χ0v) is 13.1. The molecular formula is C15H15BrN4O. The van der Waals surface area contributed by atoms with E-state index in [9.17, 15) is 0 Å². The van der Waals surface area contributed by atoms with Gasteiger partial charge in [0.25, 0.3) is 0 Å². The average molecular weight is 347 g/mol. The van der Waals surface area contributed by atoms with Crippen LogP contribution in [-0.4, -0.2) is 11.6 Å². The van der Waals surface area contributed by atoms with Gasteiger partial charge in [0.15, 0.2) is 0 Å². The fourth-order valence-corrected chi connectivity index (χ4v) is 2.14. The highest BCUT2D eigenvalue weighted by Gasteiger charge is 2.07. The highest BCUT2D eigenvalue weighted by molar-refractivity contribution is 9.10. The van der Waals surface area contributed by atoms with E-state index in [0.717, 1.165) is 16.6 Å². The first kappa shape index (κ1) is 15.1. The molecule has 0 amide bonds. The lowest BCUT2D eigenvalue weighted by molar-refractivity contribution is 0.307. The molecule has 0 unspecified atom stereocenters. The third kappa shape index (κ3) is 3.86. The molecular weight excluding hydrogens is 332 g/mol. The maximum Gasteiger partial charge on any atom is 0.239 e. The van der Waals surface area contributed by atoms with E-state index in [4.69, 9.17) is 15.7 Å². The summed E-state index contributed by atoms with van der Waals surface area (Å²) < 4.78 is 6.29. The molecule has 0 spiro atoms. The van der Waals surface area contributed by atoms with Gasteiger partial charge in [-0.3, -0.25) is 0 Å². The van der Waals surface area contributed by atoms with Gasteiger partial charge in [-0.25, -0.2) is 0 Å². The predicted octanol–water partition coefficient (Wildman–Crippen LogP) is 3.83. The van der Waals surface area contributed by atoms with Gasteiger partial charge in [-0.15, -0.1) is 0 Å². The summed E-state index contributed by atoms with van der Waals surface area (Å²) in [5.74, 6) is 1.05. The molecule has 0 saturated heterocycles. The Labute approximate surface area is 131 Å². The van der Waals surface area contributed by atoms with E-state index in [1.807, 2.05) is 13.0 Å². The summed E-state index contributed by atoms with van der Waals surface area (Å²) in [7, 11) is 0. The first-order valence-corrected chi connectivity index (χ1v) is 7.29. The Morgan fingerprint density at radius 1 is 1.38 bits per heavy atom. The van der Waals surface area contributed by atoms with Crippen molar-refractivity contribution in [3.63, 3.8) is 0 Å². The molecule has 5 nitrogen and oxygen atoms in total. The first-order valence-electron chi connectivity index (χ1n) is 6.50. The van der Waals surface area contributed by atoms with E-state index >= 15 is 0 Å². The molecule has 21 heavy (non-hydrogen) atoms. The third-order valence-corrected chi connectivity index (χ3v) is 3.35. The molecule has 1 aromatic heterocycles. The summed E-state index contributed by atoms with van der Waals surface area (Å²) in [4.78, 5) is 4.34. The number of halogens is 1. The minimum absolute atomic E-state index is 0.423. The van der Waals surface area contributed by atoms with Crippen molar-refractivity contribution in [1.29, 1.82) is 5.26 Å². The number of benzene rings is 1. The van der Waals surface area contributed by atoms with Crippen molar-refractivity contribution in [2.45, 2.75) is 13.3 Å². The Morgan fingerprint density at radius 2 is 2.19 bits per heavy atom. The molecule has 0 bridgehead atoms. The molecule has 0 saturated carbocycles. The number of ether oxygens (including phenoxy) is 1. The molecule has 6 heteroatoms. The first-order chi connectivity index (χ1) is 10.1. The van der Waals surface area contributed by atoms with E-state index in [1.54, 1.807) is 24.3 Å². The number of anilines is 3. The number of rotatable bonds is 5. The summed E-state index contributed by atoms with van der Waals surface area (Å²) in [6.07, 6.45) is 0.889. The Morgan fingerprint density at radius 3 is 2.86 bits per heavy atom. The molecule has 0 aliphatic heterocycles. The molecule has 1 heterocycles. The Hall–Kier alpha value is -2.26. The number of nitriles is 1.